The Morgan fingerprint density at radius 3 is 2.62 bits per heavy atom. The zero-order valence-electron chi connectivity index (χ0n) is 13.6. The quantitative estimate of drug-likeness (QED) is 0.403. The van der Waals surface area contributed by atoms with Crippen molar-refractivity contribution in [2.45, 2.75) is 30.7 Å². The van der Waals surface area contributed by atoms with E-state index in [1.54, 1.807) is 13.1 Å². The van der Waals surface area contributed by atoms with Crippen molar-refractivity contribution in [2.75, 3.05) is 25.1 Å². The molecule has 1 aliphatic heterocycles. The van der Waals surface area contributed by atoms with Gasteiger partial charge in [-0.15, -0.1) is 24.0 Å². The van der Waals surface area contributed by atoms with Crippen LogP contribution in [0.5, 0.6) is 0 Å². The number of nitrogens with zero attached hydrogens (tertiary/aromatic N) is 1. The van der Waals surface area contributed by atoms with Crippen LogP contribution in [0, 0.1) is 5.82 Å². The number of benzene rings is 1. The first-order valence-corrected chi connectivity index (χ1v) is 9.69. The predicted molar refractivity (Wildman–Crippen MR) is 104 cm³/mol. The van der Waals surface area contributed by atoms with E-state index >= 15 is 0 Å². The maximum atomic E-state index is 14.0. The predicted octanol–water partition coefficient (Wildman–Crippen LogP) is 1.83. The molecular formula is C16H23FIN3O2S. The molecule has 5 nitrogen and oxygen atoms in total. The highest BCUT2D eigenvalue weighted by atomic mass is 127. The van der Waals surface area contributed by atoms with Crippen molar-refractivity contribution < 1.29 is 12.8 Å². The first kappa shape index (κ1) is 19.4. The van der Waals surface area contributed by atoms with Crippen molar-refractivity contribution >= 4 is 39.8 Å². The number of nitrogens with one attached hydrogen (secondary N) is 2. The van der Waals surface area contributed by atoms with Gasteiger partial charge in [0.1, 0.15) is 5.82 Å². The van der Waals surface area contributed by atoms with Gasteiger partial charge in [0.25, 0.3) is 0 Å². The lowest BCUT2D eigenvalue weighted by molar-refractivity contribution is 0.556. The largest absolute Gasteiger partial charge is 0.356 e. The first-order valence-electron chi connectivity index (χ1n) is 7.87. The molecule has 0 amide bonds. The van der Waals surface area contributed by atoms with E-state index in [9.17, 15) is 12.8 Å². The van der Waals surface area contributed by atoms with Gasteiger partial charge in [0, 0.05) is 25.0 Å². The molecule has 1 unspecified atom stereocenters. The Balaban J connectivity index is 0.00000208. The molecule has 1 saturated heterocycles. The van der Waals surface area contributed by atoms with Crippen molar-refractivity contribution in [1.82, 2.24) is 10.6 Å². The van der Waals surface area contributed by atoms with Gasteiger partial charge < -0.3 is 10.6 Å². The van der Waals surface area contributed by atoms with Crippen LogP contribution in [0.2, 0.25) is 0 Å². The topological polar surface area (TPSA) is 70.6 Å². The first-order chi connectivity index (χ1) is 10.9. The second-order valence-corrected chi connectivity index (χ2v) is 8.66. The van der Waals surface area contributed by atoms with Crippen LogP contribution >= 0.6 is 24.0 Å². The third-order valence-corrected chi connectivity index (χ3v) is 6.46. The molecule has 0 radical (unpaired) electrons. The summed E-state index contributed by atoms with van der Waals surface area (Å²) in [7, 11) is -1.27. The van der Waals surface area contributed by atoms with E-state index < -0.39 is 9.84 Å². The van der Waals surface area contributed by atoms with Gasteiger partial charge in [0.05, 0.1) is 11.5 Å². The Morgan fingerprint density at radius 1 is 1.38 bits per heavy atom. The van der Waals surface area contributed by atoms with Crippen LogP contribution in [0.15, 0.2) is 29.3 Å². The van der Waals surface area contributed by atoms with Crippen LogP contribution < -0.4 is 10.6 Å². The van der Waals surface area contributed by atoms with Gasteiger partial charge in [-0.2, -0.15) is 0 Å². The summed E-state index contributed by atoms with van der Waals surface area (Å²) in [4.78, 5) is 4.15. The lowest BCUT2D eigenvalue weighted by Crippen LogP contribution is -2.46. The van der Waals surface area contributed by atoms with Crippen LogP contribution in [0.3, 0.4) is 0 Å². The van der Waals surface area contributed by atoms with E-state index in [2.05, 4.69) is 15.6 Å². The van der Waals surface area contributed by atoms with Crippen LogP contribution in [-0.2, 0) is 15.3 Å². The van der Waals surface area contributed by atoms with Gasteiger partial charge >= 0.3 is 0 Å². The van der Waals surface area contributed by atoms with Gasteiger partial charge in [-0.05, 0) is 30.9 Å². The highest BCUT2D eigenvalue weighted by Crippen LogP contribution is 2.48. The fourth-order valence-corrected chi connectivity index (χ4v) is 4.81. The van der Waals surface area contributed by atoms with Gasteiger partial charge in [-0.3, -0.25) is 4.99 Å². The van der Waals surface area contributed by atoms with E-state index in [1.807, 2.05) is 12.1 Å². The average Bonchev–Trinajstić information content (AvgIpc) is 3.22. The summed E-state index contributed by atoms with van der Waals surface area (Å²) in [5, 5.41) is 6.38. The zero-order chi connectivity index (χ0) is 16.5. The maximum Gasteiger partial charge on any atom is 0.191 e. The molecule has 0 bridgehead atoms. The van der Waals surface area contributed by atoms with Crippen molar-refractivity contribution in [3.05, 3.63) is 35.6 Å². The third kappa shape index (κ3) is 4.38. The van der Waals surface area contributed by atoms with E-state index in [4.69, 9.17) is 0 Å². The number of aliphatic imine (C=N–C) groups is 1. The SMILES string of the molecule is CN=C(NCC1(c2ccccc2F)CC1)NC1CCS(=O)(=O)C1.I. The molecule has 2 fully saturated rings. The molecule has 3 rings (SSSR count). The van der Waals surface area contributed by atoms with E-state index in [0.29, 0.717) is 18.9 Å². The highest BCUT2D eigenvalue weighted by Gasteiger charge is 2.45. The lowest BCUT2D eigenvalue weighted by Gasteiger charge is -2.21. The average molecular weight is 467 g/mol. The zero-order valence-corrected chi connectivity index (χ0v) is 16.7. The Hall–Kier alpha value is -0.900. The normalized spacial score (nSPS) is 24.1. The van der Waals surface area contributed by atoms with Crippen molar-refractivity contribution in [2.24, 2.45) is 4.99 Å². The van der Waals surface area contributed by atoms with E-state index in [1.165, 1.54) is 6.07 Å². The number of guanidine groups is 1. The fraction of sp³-hybridized carbons (Fsp3) is 0.562. The molecule has 24 heavy (non-hydrogen) atoms. The molecule has 1 heterocycles. The molecule has 2 N–H and O–H groups in total. The fourth-order valence-electron chi connectivity index (χ4n) is 3.13. The number of hydrogen-bond acceptors (Lipinski definition) is 3. The lowest BCUT2D eigenvalue weighted by atomic mass is 9.95. The standard InChI is InChI=1S/C16H22FN3O2S.HI/c1-18-15(20-12-6-9-23(21,22)10-12)19-11-16(7-8-16)13-4-2-3-5-14(13)17;/h2-5,12H,6-11H2,1H3,(H2,18,19,20);1H. The van der Waals surface area contributed by atoms with Gasteiger partial charge in [-0.25, -0.2) is 12.8 Å². The molecule has 1 aromatic carbocycles. The summed E-state index contributed by atoms with van der Waals surface area (Å²) < 4.78 is 37.0. The van der Waals surface area contributed by atoms with Crippen LogP contribution in [0.25, 0.3) is 0 Å². The summed E-state index contributed by atoms with van der Waals surface area (Å²) in [5.41, 5.74) is 0.566. The van der Waals surface area contributed by atoms with Gasteiger partial charge in [-0.1, -0.05) is 18.2 Å². The van der Waals surface area contributed by atoms with Crippen LogP contribution in [0.1, 0.15) is 24.8 Å². The monoisotopic (exact) mass is 467 g/mol. The molecule has 8 heteroatoms. The van der Waals surface area contributed by atoms with E-state index in [-0.39, 0.29) is 52.8 Å². The molecule has 2 aliphatic rings. The Bertz CT molecular complexity index is 720. The Kier molecular flexibility index (Phi) is 6.11. The third-order valence-electron chi connectivity index (χ3n) is 4.69. The number of hydrogen-bond donors (Lipinski definition) is 2. The van der Waals surface area contributed by atoms with Crippen LogP contribution in [0.4, 0.5) is 4.39 Å². The summed E-state index contributed by atoms with van der Waals surface area (Å²) in [5.74, 6) is 0.777. The molecular weight excluding hydrogens is 444 g/mol. The number of rotatable bonds is 4. The van der Waals surface area contributed by atoms with E-state index in [0.717, 1.165) is 18.4 Å². The maximum absolute atomic E-state index is 14.0. The summed E-state index contributed by atoms with van der Waals surface area (Å²) in [6.45, 7) is 0.590. The summed E-state index contributed by atoms with van der Waals surface area (Å²) in [6, 6.07) is 6.78. The highest BCUT2D eigenvalue weighted by molar-refractivity contribution is 14.0. The molecule has 0 spiro atoms. The van der Waals surface area contributed by atoms with Crippen molar-refractivity contribution in [3.63, 3.8) is 0 Å². The minimum Gasteiger partial charge on any atom is -0.356 e. The minimum atomic E-state index is -2.92. The molecule has 134 valence electrons. The minimum absolute atomic E-state index is 0. The van der Waals surface area contributed by atoms with Crippen molar-refractivity contribution in [1.29, 1.82) is 0 Å². The molecule has 1 saturated carbocycles. The van der Waals surface area contributed by atoms with Crippen LogP contribution in [-0.4, -0.2) is 45.5 Å². The molecule has 1 atom stereocenters. The number of sulfone groups is 1. The van der Waals surface area contributed by atoms with Gasteiger partial charge in [0.15, 0.2) is 15.8 Å². The molecule has 1 aromatic rings. The Labute approximate surface area is 159 Å². The number of halogens is 2. The summed E-state index contributed by atoms with van der Waals surface area (Å²) in [6.07, 6.45) is 2.48. The van der Waals surface area contributed by atoms with Gasteiger partial charge in [0.2, 0.25) is 0 Å². The Morgan fingerprint density at radius 2 is 2.08 bits per heavy atom. The smallest absolute Gasteiger partial charge is 0.191 e. The molecule has 1 aliphatic carbocycles. The van der Waals surface area contributed by atoms with Crippen molar-refractivity contribution in [3.8, 4) is 0 Å². The summed E-state index contributed by atoms with van der Waals surface area (Å²) >= 11 is 0. The molecule has 0 aromatic heterocycles. The second kappa shape index (κ2) is 7.55. The second-order valence-electron chi connectivity index (χ2n) is 6.43.